The molecule has 2 aromatic rings. The smallest absolute Gasteiger partial charge is 0.311 e. The van der Waals surface area contributed by atoms with E-state index in [-0.39, 0.29) is 12.5 Å². The van der Waals surface area contributed by atoms with Gasteiger partial charge in [0.2, 0.25) is 0 Å². The number of anilines is 1. The molecule has 0 fully saturated rings. The number of nitro groups is 1. The van der Waals surface area contributed by atoms with Crippen LogP contribution in [0.1, 0.15) is 5.56 Å². The van der Waals surface area contributed by atoms with E-state index in [0.29, 0.717) is 5.56 Å². The number of hydrogen-bond donors (Lipinski definition) is 3. The van der Waals surface area contributed by atoms with Gasteiger partial charge in [0.05, 0.1) is 17.7 Å². The first-order valence-electron chi connectivity index (χ1n) is 6.64. The highest BCUT2D eigenvalue weighted by Gasteiger charge is 2.12. The fourth-order valence-electron chi connectivity index (χ4n) is 1.72. The zero-order valence-electron chi connectivity index (χ0n) is 12.0. The van der Waals surface area contributed by atoms with Crippen LogP contribution in [0.5, 0.6) is 5.75 Å². The molecule has 0 aliphatic heterocycles. The monoisotopic (exact) mass is 314 g/mol. The Morgan fingerprint density at radius 1 is 1.26 bits per heavy atom. The summed E-state index contributed by atoms with van der Waals surface area (Å²) >= 11 is 0. The largest absolute Gasteiger partial charge is 0.502 e. The molecule has 23 heavy (non-hydrogen) atoms. The van der Waals surface area contributed by atoms with Crippen molar-refractivity contribution in [1.29, 1.82) is 0 Å². The second kappa shape index (κ2) is 7.55. The molecule has 118 valence electrons. The first kappa shape index (κ1) is 16.0. The van der Waals surface area contributed by atoms with Gasteiger partial charge in [-0.15, -0.1) is 0 Å². The van der Waals surface area contributed by atoms with Crippen molar-refractivity contribution in [1.82, 2.24) is 5.43 Å². The average molecular weight is 314 g/mol. The van der Waals surface area contributed by atoms with E-state index in [1.807, 2.05) is 30.3 Å². The summed E-state index contributed by atoms with van der Waals surface area (Å²) < 4.78 is 0. The predicted molar refractivity (Wildman–Crippen MR) is 85.4 cm³/mol. The minimum atomic E-state index is -0.699. The number of phenolic OH excluding ortho intramolecular Hbond substituents is 1. The van der Waals surface area contributed by atoms with Crippen LogP contribution in [0.4, 0.5) is 11.4 Å². The zero-order chi connectivity index (χ0) is 16.7. The summed E-state index contributed by atoms with van der Waals surface area (Å²) in [5, 5.41) is 26.7. The summed E-state index contributed by atoms with van der Waals surface area (Å²) in [6.45, 7) is 0.0388. The standard InChI is InChI=1S/C15H14N4O4/c20-14-7-6-11(8-13(14)19(22)23)9-17-18-15(21)10-16-12-4-2-1-3-5-12/h1-9,16,20H,10H2,(H,18,21)/b17-9-. The van der Waals surface area contributed by atoms with Crippen molar-refractivity contribution in [2.45, 2.75) is 0 Å². The lowest BCUT2D eigenvalue weighted by Crippen LogP contribution is -2.25. The van der Waals surface area contributed by atoms with Crippen LogP contribution in [-0.4, -0.2) is 28.7 Å². The van der Waals surface area contributed by atoms with Gasteiger partial charge in [-0.1, -0.05) is 18.2 Å². The van der Waals surface area contributed by atoms with Gasteiger partial charge < -0.3 is 10.4 Å². The Hall–Kier alpha value is -3.42. The third-order valence-corrected chi connectivity index (χ3v) is 2.83. The molecule has 1 amide bonds. The molecule has 3 N–H and O–H groups in total. The van der Waals surface area contributed by atoms with Gasteiger partial charge in [0.25, 0.3) is 5.91 Å². The molecule has 0 aromatic heterocycles. The number of benzene rings is 2. The normalized spacial score (nSPS) is 10.4. The van der Waals surface area contributed by atoms with E-state index < -0.39 is 16.4 Å². The second-order valence-electron chi connectivity index (χ2n) is 4.52. The number of hydrogen-bond acceptors (Lipinski definition) is 6. The number of aromatic hydroxyl groups is 1. The topological polar surface area (TPSA) is 117 Å². The second-order valence-corrected chi connectivity index (χ2v) is 4.52. The molecule has 0 saturated heterocycles. The van der Waals surface area contributed by atoms with Crippen molar-refractivity contribution >= 4 is 23.5 Å². The number of nitrogens with zero attached hydrogens (tertiary/aromatic N) is 2. The van der Waals surface area contributed by atoms with Crippen LogP contribution >= 0.6 is 0 Å². The van der Waals surface area contributed by atoms with E-state index in [2.05, 4.69) is 15.8 Å². The summed E-state index contributed by atoms with van der Waals surface area (Å²) in [6, 6.07) is 13.0. The van der Waals surface area contributed by atoms with Crippen LogP contribution < -0.4 is 10.7 Å². The maximum Gasteiger partial charge on any atom is 0.311 e. The van der Waals surface area contributed by atoms with E-state index in [1.54, 1.807) is 0 Å². The van der Waals surface area contributed by atoms with Crippen molar-refractivity contribution in [3.63, 3.8) is 0 Å². The summed E-state index contributed by atoms with van der Waals surface area (Å²) in [7, 11) is 0. The molecular weight excluding hydrogens is 300 g/mol. The van der Waals surface area contributed by atoms with Gasteiger partial charge in [0.15, 0.2) is 5.75 Å². The predicted octanol–water partition coefficient (Wildman–Crippen LogP) is 1.86. The number of carbonyl (C=O) groups excluding carboxylic acids is 1. The van der Waals surface area contributed by atoms with Crippen molar-refractivity contribution in [3.05, 3.63) is 64.2 Å². The van der Waals surface area contributed by atoms with Crippen LogP contribution in [0.15, 0.2) is 53.6 Å². The maximum absolute atomic E-state index is 11.6. The number of hydrazone groups is 1. The van der Waals surface area contributed by atoms with Gasteiger partial charge >= 0.3 is 5.69 Å². The molecule has 8 heteroatoms. The number of para-hydroxylation sites is 1. The molecule has 0 aliphatic carbocycles. The summed E-state index contributed by atoms with van der Waals surface area (Å²) in [4.78, 5) is 21.6. The Morgan fingerprint density at radius 3 is 2.70 bits per heavy atom. The zero-order valence-corrected chi connectivity index (χ0v) is 12.0. The van der Waals surface area contributed by atoms with E-state index >= 15 is 0 Å². The van der Waals surface area contributed by atoms with Crippen molar-refractivity contribution < 1.29 is 14.8 Å². The SMILES string of the molecule is O=C(CNc1ccccc1)N/N=C\c1ccc(O)c([N+](=O)[O-])c1. The van der Waals surface area contributed by atoms with E-state index in [1.165, 1.54) is 18.3 Å². The fraction of sp³-hybridized carbons (Fsp3) is 0.0667. The van der Waals surface area contributed by atoms with Gasteiger partial charge in [-0.2, -0.15) is 5.10 Å². The lowest BCUT2D eigenvalue weighted by atomic mass is 10.2. The Balaban J connectivity index is 1.87. The number of nitrogens with one attached hydrogen (secondary N) is 2. The first-order valence-corrected chi connectivity index (χ1v) is 6.64. The van der Waals surface area contributed by atoms with Crippen molar-refractivity contribution in [3.8, 4) is 5.75 Å². The third kappa shape index (κ3) is 4.81. The van der Waals surface area contributed by atoms with Crippen LogP contribution in [0.2, 0.25) is 0 Å². The molecule has 0 aliphatic rings. The van der Waals surface area contributed by atoms with E-state index in [9.17, 15) is 20.0 Å². The van der Waals surface area contributed by atoms with Gasteiger partial charge in [-0.05, 0) is 24.3 Å². The van der Waals surface area contributed by atoms with E-state index in [0.717, 1.165) is 11.8 Å². The van der Waals surface area contributed by atoms with Crippen LogP contribution in [0, 0.1) is 10.1 Å². The van der Waals surface area contributed by atoms with Crippen LogP contribution in [0.25, 0.3) is 0 Å². The van der Waals surface area contributed by atoms with Gasteiger partial charge in [0.1, 0.15) is 0 Å². The first-order chi connectivity index (χ1) is 11.1. The number of amides is 1. The molecule has 0 bridgehead atoms. The lowest BCUT2D eigenvalue weighted by molar-refractivity contribution is -0.385. The molecule has 0 spiro atoms. The number of carbonyl (C=O) groups is 1. The Kier molecular flexibility index (Phi) is 5.24. The molecule has 0 saturated carbocycles. The molecule has 0 atom stereocenters. The van der Waals surface area contributed by atoms with Crippen molar-refractivity contribution in [2.75, 3.05) is 11.9 Å². The Morgan fingerprint density at radius 2 is 2.00 bits per heavy atom. The lowest BCUT2D eigenvalue weighted by Gasteiger charge is -2.04. The number of nitro benzene ring substituents is 1. The van der Waals surface area contributed by atoms with Gasteiger partial charge in [-0.25, -0.2) is 5.43 Å². The van der Waals surface area contributed by atoms with Crippen LogP contribution in [0.3, 0.4) is 0 Å². The quantitative estimate of drug-likeness (QED) is 0.427. The highest BCUT2D eigenvalue weighted by Crippen LogP contribution is 2.25. The highest BCUT2D eigenvalue weighted by atomic mass is 16.6. The maximum atomic E-state index is 11.6. The molecular formula is C15H14N4O4. The minimum absolute atomic E-state index is 0.0388. The minimum Gasteiger partial charge on any atom is -0.502 e. The summed E-state index contributed by atoms with van der Waals surface area (Å²) in [6.07, 6.45) is 1.26. The molecule has 2 rings (SSSR count). The molecule has 0 radical (unpaired) electrons. The average Bonchev–Trinajstić information content (AvgIpc) is 2.55. The summed E-state index contributed by atoms with van der Waals surface area (Å²) in [5.74, 6) is -0.790. The number of phenols is 1. The van der Waals surface area contributed by atoms with Crippen LogP contribution in [-0.2, 0) is 4.79 Å². The van der Waals surface area contributed by atoms with Crippen molar-refractivity contribution in [2.24, 2.45) is 5.10 Å². The molecule has 0 unspecified atom stereocenters. The third-order valence-electron chi connectivity index (χ3n) is 2.83. The van der Waals surface area contributed by atoms with Gasteiger partial charge in [-0.3, -0.25) is 14.9 Å². The highest BCUT2D eigenvalue weighted by molar-refractivity contribution is 5.85. The Labute approximate surface area is 131 Å². The van der Waals surface area contributed by atoms with Gasteiger partial charge in [0, 0.05) is 17.3 Å². The molecule has 2 aromatic carbocycles. The Bertz CT molecular complexity index is 732. The fourth-order valence-corrected chi connectivity index (χ4v) is 1.72. The van der Waals surface area contributed by atoms with E-state index in [4.69, 9.17) is 0 Å². The summed E-state index contributed by atoms with van der Waals surface area (Å²) in [5.41, 5.74) is 3.06. The molecule has 0 heterocycles. The molecule has 8 nitrogen and oxygen atoms in total. The number of rotatable bonds is 6.